The minimum atomic E-state index is 0.883. The smallest absolute Gasteiger partial charge is 0.135 e. The Kier molecular flexibility index (Phi) is 2.38. The number of nitrogens with one attached hydrogen (secondary N) is 1. The van der Waals surface area contributed by atoms with Crippen LogP contribution in [0.1, 0.15) is 5.56 Å². The standard InChI is InChI=1S/C10H10BrNO/c1-12-5-7-2-3-10-8(4-7)9(11)6-13-10/h2-4,6,12H,5H2,1H3. The molecule has 0 unspecified atom stereocenters. The molecular weight excluding hydrogens is 230 g/mol. The maximum absolute atomic E-state index is 5.31. The van der Waals surface area contributed by atoms with Crippen LogP contribution in [0.2, 0.25) is 0 Å². The summed E-state index contributed by atoms with van der Waals surface area (Å²) >= 11 is 3.44. The molecule has 3 heteroatoms. The fourth-order valence-electron chi connectivity index (χ4n) is 1.36. The van der Waals surface area contributed by atoms with Gasteiger partial charge in [-0.1, -0.05) is 6.07 Å². The van der Waals surface area contributed by atoms with Crippen LogP contribution in [0, 0.1) is 0 Å². The van der Waals surface area contributed by atoms with E-state index < -0.39 is 0 Å². The Hall–Kier alpha value is -0.800. The normalized spacial score (nSPS) is 10.9. The van der Waals surface area contributed by atoms with Crippen LogP contribution in [0.5, 0.6) is 0 Å². The highest BCUT2D eigenvalue weighted by molar-refractivity contribution is 9.10. The molecule has 0 aliphatic heterocycles. The lowest BCUT2D eigenvalue weighted by atomic mass is 10.1. The molecule has 0 bridgehead atoms. The van der Waals surface area contributed by atoms with E-state index >= 15 is 0 Å². The van der Waals surface area contributed by atoms with E-state index in [1.54, 1.807) is 6.26 Å². The van der Waals surface area contributed by atoms with Crippen molar-refractivity contribution in [1.29, 1.82) is 0 Å². The van der Waals surface area contributed by atoms with Crippen LogP contribution in [-0.4, -0.2) is 7.05 Å². The Morgan fingerprint density at radius 1 is 1.46 bits per heavy atom. The van der Waals surface area contributed by atoms with Gasteiger partial charge in [0.15, 0.2) is 0 Å². The second-order valence-corrected chi connectivity index (χ2v) is 3.80. The van der Waals surface area contributed by atoms with E-state index in [1.165, 1.54) is 5.56 Å². The van der Waals surface area contributed by atoms with E-state index in [9.17, 15) is 0 Å². The molecule has 13 heavy (non-hydrogen) atoms. The molecule has 0 saturated heterocycles. The molecule has 2 rings (SSSR count). The van der Waals surface area contributed by atoms with Gasteiger partial charge in [-0.05, 0) is 40.7 Å². The number of fused-ring (bicyclic) bond motifs is 1. The van der Waals surface area contributed by atoms with Crippen molar-refractivity contribution >= 4 is 26.9 Å². The topological polar surface area (TPSA) is 25.2 Å². The van der Waals surface area contributed by atoms with E-state index in [0.717, 1.165) is 22.0 Å². The van der Waals surface area contributed by atoms with E-state index in [1.807, 2.05) is 13.1 Å². The summed E-state index contributed by atoms with van der Waals surface area (Å²) in [5.74, 6) is 0. The van der Waals surface area contributed by atoms with Gasteiger partial charge in [0.1, 0.15) is 11.8 Å². The molecule has 1 aromatic heterocycles. The molecule has 0 radical (unpaired) electrons. The molecule has 2 nitrogen and oxygen atoms in total. The van der Waals surface area contributed by atoms with Gasteiger partial charge in [0, 0.05) is 11.9 Å². The Balaban J connectivity index is 2.53. The summed E-state index contributed by atoms with van der Waals surface area (Å²) in [7, 11) is 1.94. The molecular formula is C10H10BrNO. The van der Waals surface area contributed by atoms with E-state index in [-0.39, 0.29) is 0 Å². The minimum absolute atomic E-state index is 0.883. The Morgan fingerprint density at radius 3 is 3.08 bits per heavy atom. The Morgan fingerprint density at radius 2 is 2.31 bits per heavy atom. The minimum Gasteiger partial charge on any atom is -0.463 e. The quantitative estimate of drug-likeness (QED) is 0.872. The van der Waals surface area contributed by atoms with Crippen molar-refractivity contribution in [3.8, 4) is 0 Å². The van der Waals surface area contributed by atoms with Crippen molar-refractivity contribution < 1.29 is 4.42 Å². The zero-order valence-corrected chi connectivity index (χ0v) is 8.89. The SMILES string of the molecule is CNCc1ccc2occ(Br)c2c1. The summed E-state index contributed by atoms with van der Waals surface area (Å²) in [6.45, 7) is 0.883. The van der Waals surface area contributed by atoms with Gasteiger partial charge < -0.3 is 9.73 Å². The van der Waals surface area contributed by atoms with Crippen LogP contribution in [0.15, 0.2) is 33.4 Å². The lowest BCUT2D eigenvalue weighted by Gasteiger charge is -1.98. The summed E-state index contributed by atoms with van der Waals surface area (Å²) in [5, 5.41) is 4.25. The molecule has 1 N–H and O–H groups in total. The maximum Gasteiger partial charge on any atom is 0.135 e. The molecule has 0 saturated carbocycles. The maximum atomic E-state index is 5.31. The molecule has 0 amide bonds. The van der Waals surface area contributed by atoms with Gasteiger partial charge in [0.25, 0.3) is 0 Å². The van der Waals surface area contributed by atoms with Crippen LogP contribution in [0.3, 0.4) is 0 Å². The van der Waals surface area contributed by atoms with Gasteiger partial charge in [-0.2, -0.15) is 0 Å². The molecule has 1 aromatic carbocycles. The Labute approximate surface area is 85.1 Å². The molecule has 68 valence electrons. The van der Waals surface area contributed by atoms with Crippen LogP contribution in [0.25, 0.3) is 11.0 Å². The molecule has 0 aliphatic carbocycles. The van der Waals surface area contributed by atoms with E-state index in [0.29, 0.717) is 0 Å². The van der Waals surface area contributed by atoms with Crippen molar-refractivity contribution in [3.05, 3.63) is 34.5 Å². The first-order chi connectivity index (χ1) is 6.31. The van der Waals surface area contributed by atoms with Gasteiger partial charge >= 0.3 is 0 Å². The van der Waals surface area contributed by atoms with Crippen molar-refractivity contribution in [2.45, 2.75) is 6.54 Å². The third-order valence-electron chi connectivity index (χ3n) is 1.97. The highest BCUT2D eigenvalue weighted by Crippen LogP contribution is 2.26. The van der Waals surface area contributed by atoms with Gasteiger partial charge in [-0.15, -0.1) is 0 Å². The summed E-state index contributed by atoms with van der Waals surface area (Å²) in [5.41, 5.74) is 2.18. The third-order valence-corrected chi connectivity index (χ3v) is 2.59. The number of halogens is 1. The van der Waals surface area contributed by atoms with E-state index in [2.05, 4.69) is 33.4 Å². The lowest BCUT2D eigenvalue weighted by Crippen LogP contribution is -2.04. The third kappa shape index (κ3) is 1.62. The zero-order valence-electron chi connectivity index (χ0n) is 7.30. The molecule has 0 spiro atoms. The molecule has 0 atom stereocenters. The number of hydrogen-bond acceptors (Lipinski definition) is 2. The number of rotatable bonds is 2. The number of hydrogen-bond donors (Lipinski definition) is 1. The van der Waals surface area contributed by atoms with Crippen LogP contribution >= 0.6 is 15.9 Å². The summed E-state index contributed by atoms with van der Waals surface area (Å²) in [6.07, 6.45) is 1.72. The van der Waals surface area contributed by atoms with Crippen molar-refractivity contribution in [2.24, 2.45) is 0 Å². The van der Waals surface area contributed by atoms with Crippen molar-refractivity contribution in [3.63, 3.8) is 0 Å². The molecule has 1 heterocycles. The highest BCUT2D eigenvalue weighted by Gasteiger charge is 2.03. The first-order valence-corrected chi connectivity index (χ1v) is 4.91. The second kappa shape index (κ2) is 3.52. The monoisotopic (exact) mass is 239 g/mol. The van der Waals surface area contributed by atoms with Crippen LogP contribution in [0.4, 0.5) is 0 Å². The van der Waals surface area contributed by atoms with Crippen molar-refractivity contribution in [2.75, 3.05) is 7.05 Å². The predicted molar refractivity (Wildman–Crippen MR) is 56.7 cm³/mol. The van der Waals surface area contributed by atoms with E-state index in [4.69, 9.17) is 4.42 Å². The summed E-state index contributed by atoms with van der Waals surface area (Å²) < 4.78 is 6.33. The van der Waals surface area contributed by atoms with Gasteiger partial charge in [0.2, 0.25) is 0 Å². The number of furan rings is 1. The average molecular weight is 240 g/mol. The molecule has 2 aromatic rings. The first-order valence-electron chi connectivity index (χ1n) is 4.11. The van der Waals surface area contributed by atoms with Crippen LogP contribution < -0.4 is 5.32 Å². The first kappa shape index (κ1) is 8.78. The fraction of sp³-hybridized carbons (Fsp3) is 0.200. The second-order valence-electron chi connectivity index (χ2n) is 2.94. The summed E-state index contributed by atoms with van der Waals surface area (Å²) in [6, 6.07) is 6.18. The largest absolute Gasteiger partial charge is 0.463 e. The average Bonchev–Trinajstić information content (AvgIpc) is 2.49. The zero-order chi connectivity index (χ0) is 9.26. The number of benzene rings is 1. The van der Waals surface area contributed by atoms with Crippen molar-refractivity contribution in [1.82, 2.24) is 5.32 Å². The lowest BCUT2D eigenvalue weighted by molar-refractivity contribution is 0.613. The van der Waals surface area contributed by atoms with Gasteiger partial charge in [0.05, 0.1) is 4.47 Å². The predicted octanol–water partition coefficient (Wildman–Crippen LogP) is 2.91. The summed E-state index contributed by atoms with van der Waals surface area (Å²) in [4.78, 5) is 0. The van der Waals surface area contributed by atoms with Gasteiger partial charge in [-0.3, -0.25) is 0 Å². The van der Waals surface area contributed by atoms with Gasteiger partial charge in [-0.25, -0.2) is 0 Å². The Bertz CT molecular complexity index is 422. The molecule has 0 aliphatic rings. The highest BCUT2D eigenvalue weighted by atomic mass is 79.9. The van der Waals surface area contributed by atoms with Crippen LogP contribution in [-0.2, 0) is 6.54 Å². The molecule has 0 fully saturated rings. The fourth-order valence-corrected chi connectivity index (χ4v) is 1.76.